The molecule has 2 aliphatic carbocycles. The van der Waals surface area contributed by atoms with Crippen LogP contribution in [0.15, 0.2) is 40.6 Å². The van der Waals surface area contributed by atoms with Crippen molar-refractivity contribution in [2.24, 2.45) is 11.8 Å². The fraction of sp³-hybridized carbons (Fsp3) is 0.444. The van der Waals surface area contributed by atoms with Gasteiger partial charge in [-0.05, 0) is 52.6 Å². The van der Waals surface area contributed by atoms with E-state index in [1.807, 2.05) is 6.08 Å². The van der Waals surface area contributed by atoms with E-state index in [-0.39, 0.29) is 48.2 Å². The van der Waals surface area contributed by atoms with Crippen LogP contribution < -0.4 is 4.74 Å². The Bertz CT molecular complexity index is 744. The van der Waals surface area contributed by atoms with Crippen LogP contribution in [0.4, 0.5) is 8.78 Å². The highest BCUT2D eigenvalue weighted by Gasteiger charge is 2.54. The van der Waals surface area contributed by atoms with Gasteiger partial charge in [-0.3, -0.25) is 0 Å². The molecule has 24 heavy (non-hydrogen) atoms. The second-order valence-corrected chi connectivity index (χ2v) is 7.70. The highest BCUT2D eigenvalue weighted by molar-refractivity contribution is 9.10. The number of allylic oxidation sites excluding steroid dienone is 2. The predicted octanol–water partition coefficient (Wildman–Crippen LogP) is 5.06. The average molecular weight is 399 g/mol. The van der Waals surface area contributed by atoms with Crippen molar-refractivity contribution in [3.8, 4) is 11.5 Å². The number of fused-ring (bicyclic) bond motifs is 3. The third-order valence-electron chi connectivity index (χ3n) is 5.24. The summed E-state index contributed by atoms with van der Waals surface area (Å²) in [6.07, 6.45) is 4.88. The van der Waals surface area contributed by atoms with Crippen LogP contribution in [0.1, 0.15) is 30.7 Å². The zero-order valence-corrected chi connectivity index (χ0v) is 14.3. The lowest BCUT2D eigenvalue weighted by Crippen LogP contribution is -2.39. The van der Waals surface area contributed by atoms with Crippen molar-refractivity contribution in [2.75, 3.05) is 0 Å². The molecular formula is C18H17BrF2O3. The number of halogens is 3. The molecule has 1 aliphatic heterocycles. The van der Waals surface area contributed by atoms with Gasteiger partial charge in [-0.25, -0.2) is 8.78 Å². The van der Waals surface area contributed by atoms with Crippen molar-refractivity contribution < 1.29 is 23.7 Å². The number of ether oxygens (including phenoxy) is 1. The van der Waals surface area contributed by atoms with Gasteiger partial charge < -0.3 is 14.9 Å². The minimum absolute atomic E-state index is 0.0436. The zero-order chi connectivity index (χ0) is 17.1. The van der Waals surface area contributed by atoms with Crippen molar-refractivity contribution in [3.63, 3.8) is 0 Å². The predicted molar refractivity (Wildman–Crippen MR) is 88.6 cm³/mol. The van der Waals surface area contributed by atoms with Gasteiger partial charge in [0.15, 0.2) is 0 Å². The van der Waals surface area contributed by atoms with E-state index in [0.717, 1.165) is 0 Å². The highest BCUT2D eigenvalue weighted by Crippen LogP contribution is 2.58. The smallest absolute Gasteiger partial charge is 0.249 e. The standard InChI is InChI=1S/C18H17BrF2O3/c19-15-6-11(23)5-12-13-7-18(20,21)8-14(13)16(24-17(12)15)9-1-3-10(22)4-2-9/h1,3-6,9,13-14,16,22-23H,2,7-8H2/t9?,13-,14-,16-/m0/s1. The first-order valence-electron chi connectivity index (χ1n) is 7.98. The van der Waals surface area contributed by atoms with Gasteiger partial charge in [-0.2, -0.15) is 0 Å². The minimum Gasteiger partial charge on any atom is -0.508 e. The Balaban J connectivity index is 1.76. The molecule has 0 radical (unpaired) electrons. The molecule has 6 heteroatoms. The van der Waals surface area contributed by atoms with E-state index < -0.39 is 5.92 Å². The molecule has 1 unspecified atom stereocenters. The normalized spacial score (nSPS) is 33.4. The number of hydrogen-bond donors (Lipinski definition) is 2. The molecule has 0 amide bonds. The molecule has 3 aliphatic rings. The van der Waals surface area contributed by atoms with Gasteiger partial charge in [-0.15, -0.1) is 0 Å². The van der Waals surface area contributed by atoms with Gasteiger partial charge in [0.2, 0.25) is 5.92 Å². The Morgan fingerprint density at radius 3 is 2.71 bits per heavy atom. The van der Waals surface area contributed by atoms with E-state index in [1.165, 1.54) is 12.1 Å². The van der Waals surface area contributed by atoms with E-state index in [1.54, 1.807) is 12.2 Å². The summed E-state index contributed by atoms with van der Waals surface area (Å²) in [6.45, 7) is 0. The van der Waals surface area contributed by atoms with E-state index >= 15 is 0 Å². The van der Waals surface area contributed by atoms with E-state index in [2.05, 4.69) is 15.9 Å². The first kappa shape index (κ1) is 15.9. The van der Waals surface area contributed by atoms with Crippen LogP contribution in [-0.4, -0.2) is 22.2 Å². The summed E-state index contributed by atoms with van der Waals surface area (Å²) < 4.78 is 35.0. The molecule has 1 aromatic carbocycles. The lowest BCUT2D eigenvalue weighted by atomic mass is 9.76. The maximum atomic E-state index is 14.1. The van der Waals surface area contributed by atoms with Crippen LogP contribution in [0, 0.1) is 11.8 Å². The third-order valence-corrected chi connectivity index (χ3v) is 5.83. The van der Waals surface area contributed by atoms with Crippen molar-refractivity contribution in [2.45, 2.75) is 37.2 Å². The number of aliphatic hydroxyl groups is 1. The maximum absolute atomic E-state index is 14.1. The summed E-state index contributed by atoms with van der Waals surface area (Å²) in [6, 6.07) is 3.06. The number of phenolic OH excluding ortho intramolecular Hbond substituents is 1. The summed E-state index contributed by atoms with van der Waals surface area (Å²) in [5.74, 6) is -2.66. The lowest BCUT2D eigenvalue weighted by Gasteiger charge is -2.39. The number of aromatic hydroxyl groups is 1. The topological polar surface area (TPSA) is 49.7 Å². The first-order chi connectivity index (χ1) is 11.3. The van der Waals surface area contributed by atoms with Gasteiger partial charge in [0.25, 0.3) is 0 Å². The quantitative estimate of drug-likeness (QED) is 0.694. The van der Waals surface area contributed by atoms with E-state index in [0.29, 0.717) is 22.2 Å². The Labute approximate surface area is 146 Å². The lowest BCUT2D eigenvalue weighted by molar-refractivity contribution is -0.00591. The molecule has 3 nitrogen and oxygen atoms in total. The number of benzene rings is 1. The molecule has 128 valence electrons. The van der Waals surface area contributed by atoms with Crippen LogP contribution in [0.2, 0.25) is 0 Å². The van der Waals surface area contributed by atoms with E-state index in [9.17, 15) is 19.0 Å². The van der Waals surface area contributed by atoms with Crippen molar-refractivity contribution in [1.29, 1.82) is 0 Å². The summed E-state index contributed by atoms with van der Waals surface area (Å²) in [4.78, 5) is 0. The van der Waals surface area contributed by atoms with Crippen molar-refractivity contribution in [1.82, 2.24) is 0 Å². The Morgan fingerprint density at radius 2 is 2.00 bits per heavy atom. The number of phenols is 1. The number of rotatable bonds is 1. The summed E-state index contributed by atoms with van der Waals surface area (Å²) in [7, 11) is 0. The maximum Gasteiger partial charge on any atom is 0.249 e. The molecule has 4 atom stereocenters. The van der Waals surface area contributed by atoms with Gasteiger partial charge >= 0.3 is 0 Å². The van der Waals surface area contributed by atoms with Gasteiger partial charge in [0.05, 0.1) is 4.47 Å². The van der Waals surface area contributed by atoms with Crippen molar-refractivity contribution >= 4 is 15.9 Å². The third kappa shape index (κ3) is 2.61. The van der Waals surface area contributed by atoms with Gasteiger partial charge in [0, 0.05) is 30.2 Å². The second kappa shape index (κ2) is 5.48. The molecule has 0 spiro atoms. The molecule has 2 N–H and O–H groups in total. The van der Waals surface area contributed by atoms with Crippen molar-refractivity contribution in [3.05, 3.63) is 46.2 Å². The van der Waals surface area contributed by atoms with Gasteiger partial charge in [0.1, 0.15) is 23.4 Å². The molecule has 0 aromatic heterocycles. The molecule has 4 rings (SSSR count). The molecule has 0 saturated heterocycles. The van der Waals surface area contributed by atoms with E-state index in [4.69, 9.17) is 4.74 Å². The van der Waals surface area contributed by atoms with Crippen LogP contribution in [0.25, 0.3) is 0 Å². The van der Waals surface area contributed by atoms with Crippen LogP contribution >= 0.6 is 15.9 Å². The monoisotopic (exact) mass is 398 g/mol. The summed E-state index contributed by atoms with van der Waals surface area (Å²) in [5.41, 5.74) is 0.651. The first-order valence-corrected chi connectivity index (χ1v) is 8.77. The molecular weight excluding hydrogens is 382 g/mol. The van der Waals surface area contributed by atoms with Crippen LogP contribution in [0.5, 0.6) is 11.5 Å². The molecule has 1 heterocycles. The van der Waals surface area contributed by atoms with Crippen LogP contribution in [0.3, 0.4) is 0 Å². The number of hydrogen-bond acceptors (Lipinski definition) is 3. The molecule has 1 saturated carbocycles. The number of aliphatic hydroxyl groups excluding tert-OH is 1. The summed E-state index contributed by atoms with van der Waals surface area (Å²) in [5, 5.41) is 19.3. The molecule has 1 fully saturated rings. The Hall–Kier alpha value is -1.56. The molecule has 1 aromatic rings. The summed E-state index contributed by atoms with van der Waals surface area (Å²) >= 11 is 3.38. The molecule has 0 bridgehead atoms. The SMILES string of the molecule is OC1=CCC([C@@H]2Oc3c(Br)cc(O)cc3[C@@H]3CC(F)(F)C[C@@H]32)C=C1. The Kier molecular flexibility index (Phi) is 3.64. The number of alkyl halides is 2. The fourth-order valence-corrected chi connectivity index (χ4v) is 4.78. The average Bonchev–Trinajstić information content (AvgIpc) is 2.83. The second-order valence-electron chi connectivity index (χ2n) is 6.85. The Morgan fingerprint density at radius 1 is 1.21 bits per heavy atom. The largest absolute Gasteiger partial charge is 0.508 e. The minimum atomic E-state index is -2.73. The zero-order valence-electron chi connectivity index (χ0n) is 12.8. The van der Waals surface area contributed by atoms with Gasteiger partial charge in [-0.1, -0.05) is 6.08 Å². The highest BCUT2D eigenvalue weighted by atomic mass is 79.9. The fourth-order valence-electron chi connectivity index (χ4n) is 4.23. The van der Waals surface area contributed by atoms with Crippen LogP contribution in [-0.2, 0) is 0 Å².